The predicted molar refractivity (Wildman–Crippen MR) is 76.5 cm³/mol. The van der Waals surface area contributed by atoms with Crippen LogP contribution in [0.5, 0.6) is 0 Å². The molecule has 1 aromatic rings. The van der Waals surface area contributed by atoms with Gasteiger partial charge in [-0.15, -0.1) is 0 Å². The lowest BCUT2D eigenvalue weighted by atomic mass is 10.3. The van der Waals surface area contributed by atoms with Gasteiger partial charge in [-0.2, -0.15) is 0 Å². The van der Waals surface area contributed by atoms with Gasteiger partial charge in [-0.1, -0.05) is 55.2 Å². The van der Waals surface area contributed by atoms with Gasteiger partial charge in [0.25, 0.3) is 0 Å². The number of amidine groups is 1. The zero-order valence-electron chi connectivity index (χ0n) is 10.1. The zero-order chi connectivity index (χ0) is 12.3. The van der Waals surface area contributed by atoms with Gasteiger partial charge in [-0.05, 0) is 12.1 Å². The standard InChI is InChI=1S/C15H18N2/c1-3-4-5-6-10-13-15(16-2)17-14-11-8-7-9-12-14/h3-12H,1,13H2,2H3,(H,16,17)/b5-4-,10-6-. The SMILES string of the molecule is C=C/C=C\C=C/CC(=NC)Nc1ccccc1. The van der Waals surface area contributed by atoms with E-state index in [1.807, 2.05) is 48.6 Å². The highest BCUT2D eigenvalue weighted by molar-refractivity contribution is 5.96. The van der Waals surface area contributed by atoms with Crippen molar-refractivity contribution in [1.29, 1.82) is 0 Å². The first-order valence-electron chi connectivity index (χ1n) is 5.58. The van der Waals surface area contributed by atoms with Gasteiger partial charge in [0.1, 0.15) is 5.84 Å². The Morgan fingerprint density at radius 2 is 2.00 bits per heavy atom. The van der Waals surface area contributed by atoms with Crippen LogP contribution in [0, 0.1) is 0 Å². The molecule has 0 amide bonds. The molecular weight excluding hydrogens is 208 g/mol. The fraction of sp³-hybridized carbons (Fsp3) is 0.133. The number of para-hydroxylation sites is 1. The molecule has 1 N–H and O–H groups in total. The molecule has 0 aliphatic rings. The quantitative estimate of drug-likeness (QED) is 0.461. The van der Waals surface area contributed by atoms with Crippen LogP contribution in [0.2, 0.25) is 0 Å². The third-order valence-electron chi connectivity index (χ3n) is 2.14. The number of nitrogens with one attached hydrogen (secondary N) is 1. The van der Waals surface area contributed by atoms with Crippen molar-refractivity contribution < 1.29 is 0 Å². The van der Waals surface area contributed by atoms with Crippen molar-refractivity contribution in [2.75, 3.05) is 12.4 Å². The van der Waals surface area contributed by atoms with E-state index >= 15 is 0 Å². The minimum atomic E-state index is 0.785. The van der Waals surface area contributed by atoms with E-state index in [0.29, 0.717) is 0 Å². The van der Waals surface area contributed by atoms with Crippen LogP contribution in [0.4, 0.5) is 5.69 Å². The van der Waals surface area contributed by atoms with Crippen LogP contribution >= 0.6 is 0 Å². The molecule has 2 nitrogen and oxygen atoms in total. The summed E-state index contributed by atoms with van der Waals surface area (Å²) in [6.07, 6.45) is 10.4. The van der Waals surface area contributed by atoms with Gasteiger partial charge >= 0.3 is 0 Å². The molecule has 0 bridgehead atoms. The average molecular weight is 226 g/mol. The topological polar surface area (TPSA) is 24.4 Å². The van der Waals surface area contributed by atoms with Crippen molar-refractivity contribution in [3.05, 3.63) is 67.3 Å². The molecule has 0 heterocycles. The maximum Gasteiger partial charge on any atom is 0.104 e. The molecule has 0 spiro atoms. The third-order valence-corrected chi connectivity index (χ3v) is 2.14. The smallest absolute Gasteiger partial charge is 0.104 e. The normalized spacial score (nSPS) is 12.2. The molecule has 0 saturated heterocycles. The molecule has 17 heavy (non-hydrogen) atoms. The molecule has 2 heteroatoms. The Kier molecular flexibility index (Phi) is 6.19. The van der Waals surface area contributed by atoms with E-state index in [-0.39, 0.29) is 0 Å². The second kappa shape index (κ2) is 8.11. The van der Waals surface area contributed by atoms with E-state index in [1.54, 1.807) is 13.1 Å². The summed E-state index contributed by atoms with van der Waals surface area (Å²) in [6, 6.07) is 10.0. The first-order valence-corrected chi connectivity index (χ1v) is 5.58. The fourth-order valence-electron chi connectivity index (χ4n) is 1.29. The maximum atomic E-state index is 4.21. The minimum absolute atomic E-state index is 0.785. The van der Waals surface area contributed by atoms with Crippen LogP contribution < -0.4 is 5.32 Å². The summed E-state index contributed by atoms with van der Waals surface area (Å²) in [7, 11) is 1.79. The molecule has 0 aliphatic carbocycles. The maximum absolute atomic E-state index is 4.21. The second-order valence-corrected chi connectivity index (χ2v) is 3.41. The molecule has 0 saturated carbocycles. The second-order valence-electron chi connectivity index (χ2n) is 3.41. The number of allylic oxidation sites excluding steroid dienone is 4. The minimum Gasteiger partial charge on any atom is -0.344 e. The fourth-order valence-corrected chi connectivity index (χ4v) is 1.29. The summed E-state index contributed by atoms with van der Waals surface area (Å²) in [5.74, 6) is 0.944. The first kappa shape index (κ1) is 13.0. The Hall–Kier alpha value is -2.09. The lowest BCUT2D eigenvalue weighted by Crippen LogP contribution is -2.10. The van der Waals surface area contributed by atoms with E-state index in [2.05, 4.69) is 23.0 Å². The molecule has 1 aromatic carbocycles. The molecule has 0 radical (unpaired) electrons. The van der Waals surface area contributed by atoms with Gasteiger partial charge in [-0.25, -0.2) is 0 Å². The van der Waals surface area contributed by atoms with E-state index in [1.165, 1.54) is 0 Å². The monoisotopic (exact) mass is 226 g/mol. The predicted octanol–water partition coefficient (Wildman–Crippen LogP) is 3.82. The summed E-state index contributed by atoms with van der Waals surface area (Å²) >= 11 is 0. The Morgan fingerprint density at radius 1 is 1.24 bits per heavy atom. The molecule has 0 aromatic heterocycles. The van der Waals surface area contributed by atoms with Crippen LogP contribution in [0.25, 0.3) is 0 Å². The summed E-state index contributed by atoms with van der Waals surface area (Å²) in [6.45, 7) is 3.61. The molecule has 1 rings (SSSR count). The van der Waals surface area contributed by atoms with Crippen LogP contribution in [-0.2, 0) is 0 Å². The van der Waals surface area contributed by atoms with Crippen molar-refractivity contribution in [2.24, 2.45) is 4.99 Å². The van der Waals surface area contributed by atoms with Crippen LogP contribution in [0.1, 0.15) is 6.42 Å². The molecule has 0 fully saturated rings. The molecule has 0 atom stereocenters. The van der Waals surface area contributed by atoms with Crippen molar-refractivity contribution in [3.63, 3.8) is 0 Å². The molecule has 0 aliphatic heterocycles. The number of rotatable bonds is 5. The van der Waals surface area contributed by atoms with Crippen molar-refractivity contribution in [1.82, 2.24) is 0 Å². The average Bonchev–Trinajstić information content (AvgIpc) is 2.38. The summed E-state index contributed by atoms with van der Waals surface area (Å²) in [5.41, 5.74) is 1.06. The summed E-state index contributed by atoms with van der Waals surface area (Å²) in [5, 5.41) is 3.27. The summed E-state index contributed by atoms with van der Waals surface area (Å²) < 4.78 is 0. The van der Waals surface area contributed by atoms with Crippen molar-refractivity contribution in [3.8, 4) is 0 Å². The highest BCUT2D eigenvalue weighted by atomic mass is 15.0. The number of hydrogen-bond acceptors (Lipinski definition) is 1. The highest BCUT2D eigenvalue weighted by Gasteiger charge is 1.95. The number of aliphatic imine (C=N–C) groups is 1. The van der Waals surface area contributed by atoms with Gasteiger partial charge in [0.2, 0.25) is 0 Å². The van der Waals surface area contributed by atoms with E-state index in [0.717, 1.165) is 17.9 Å². The van der Waals surface area contributed by atoms with E-state index in [4.69, 9.17) is 0 Å². The Morgan fingerprint density at radius 3 is 2.65 bits per heavy atom. The van der Waals surface area contributed by atoms with E-state index < -0.39 is 0 Å². The third kappa shape index (κ3) is 5.52. The van der Waals surface area contributed by atoms with Gasteiger partial charge in [0, 0.05) is 19.2 Å². The largest absolute Gasteiger partial charge is 0.344 e. The van der Waals surface area contributed by atoms with Crippen LogP contribution in [-0.4, -0.2) is 12.9 Å². The molecular formula is C15H18N2. The van der Waals surface area contributed by atoms with Crippen molar-refractivity contribution >= 4 is 11.5 Å². The number of anilines is 1. The van der Waals surface area contributed by atoms with Gasteiger partial charge in [0.05, 0.1) is 0 Å². The van der Waals surface area contributed by atoms with Gasteiger partial charge < -0.3 is 5.32 Å². The molecule has 0 unspecified atom stereocenters. The Labute approximate surface area is 103 Å². The Balaban J connectivity index is 2.48. The number of benzene rings is 1. The van der Waals surface area contributed by atoms with Crippen LogP contribution in [0.3, 0.4) is 0 Å². The zero-order valence-corrected chi connectivity index (χ0v) is 10.1. The first-order chi connectivity index (χ1) is 8.36. The van der Waals surface area contributed by atoms with Crippen LogP contribution in [0.15, 0.2) is 72.3 Å². The Bertz CT molecular complexity index is 414. The van der Waals surface area contributed by atoms with Gasteiger partial charge in [-0.3, -0.25) is 4.99 Å². The van der Waals surface area contributed by atoms with Gasteiger partial charge in [0.15, 0.2) is 0 Å². The molecule has 88 valence electrons. The number of hydrogen-bond donors (Lipinski definition) is 1. The highest BCUT2D eigenvalue weighted by Crippen LogP contribution is 2.06. The lowest BCUT2D eigenvalue weighted by Gasteiger charge is -2.06. The number of nitrogens with zero attached hydrogens (tertiary/aromatic N) is 1. The lowest BCUT2D eigenvalue weighted by molar-refractivity contribution is 1.33. The van der Waals surface area contributed by atoms with E-state index in [9.17, 15) is 0 Å². The summed E-state index contributed by atoms with van der Waals surface area (Å²) in [4.78, 5) is 4.21. The van der Waals surface area contributed by atoms with Crippen molar-refractivity contribution in [2.45, 2.75) is 6.42 Å².